The summed E-state index contributed by atoms with van der Waals surface area (Å²) in [6.07, 6.45) is 0.120. The Bertz CT molecular complexity index is 656. The Labute approximate surface area is 171 Å². The second kappa shape index (κ2) is 11.7. The maximum absolute atomic E-state index is 12.5. The molecule has 0 spiro atoms. The molecule has 0 atom stereocenters. The van der Waals surface area contributed by atoms with Gasteiger partial charge in [-0.15, -0.1) is 0 Å². The number of alkyl halides is 3. The Kier molecular flexibility index (Phi) is 9.31. The molecule has 0 radical (unpaired) electrons. The fourth-order valence-electron chi connectivity index (χ4n) is 3.42. The monoisotopic (exact) mass is 412 g/mol. The van der Waals surface area contributed by atoms with Crippen molar-refractivity contribution in [1.29, 1.82) is 0 Å². The zero-order valence-corrected chi connectivity index (χ0v) is 17.0. The van der Waals surface area contributed by atoms with E-state index in [1.807, 2.05) is 24.3 Å². The molecule has 0 saturated carbocycles. The van der Waals surface area contributed by atoms with Crippen molar-refractivity contribution in [2.45, 2.75) is 32.0 Å². The number of guanidine groups is 1. The van der Waals surface area contributed by atoms with Crippen molar-refractivity contribution in [3.05, 3.63) is 42.5 Å². The van der Waals surface area contributed by atoms with Gasteiger partial charge in [-0.05, 0) is 44.3 Å². The molecule has 0 amide bonds. The number of hydrogen-bond acceptors (Lipinski definition) is 3. The van der Waals surface area contributed by atoms with Crippen LogP contribution in [0.1, 0.15) is 24.8 Å². The molecule has 1 heterocycles. The highest BCUT2D eigenvalue weighted by atomic mass is 19.4. The molecule has 0 bridgehead atoms. The topological polar surface area (TPSA) is 48.9 Å². The SMILES string of the molecule is C=CCOc1ccccc1CNC(=NC)NCCC1CCN(CC(F)(F)F)CC1. The molecule has 0 unspecified atom stereocenters. The molecule has 1 fully saturated rings. The molecule has 29 heavy (non-hydrogen) atoms. The van der Waals surface area contributed by atoms with Crippen molar-refractivity contribution in [3.63, 3.8) is 0 Å². The molecule has 162 valence electrons. The average molecular weight is 413 g/mol. The van der Waals surface area contributed by atoms with Gasteiger partial charge < -0.3 is 15.4 Å². The maximum Gasteiger partial charge on any atom is 0.401 e. The molecule has 2 rings (SSSR count). The maximum atomic E-state index is 12.5. The van der Waals surface area contributed by atoms with Crippen molar-refractivity contribution in [2.24, 2.45) is 10.9 Å². The third-order valence-electron chi connectivity index (χ3n) is 4.95. The Morgan fingerprint density at radius 3 is 2.66 bits per heavy atom. The lowest BCUT2D eigenvalue weighted by Crippen LogP contribution is -2.41. The lowest BCUT2D eigenvalue weighted by atomic mass is 9.93. The van der Waals surface area contributed by atoms with Crippen LogP contribution in [0.3, 0.4) is 0 Å². The number of nitrogens with zero attached hydrogens (tertiary/aromatic N) is 2. The molecule has 5 nitrogen and oxygen atoms in total. The Hall–Kier alpha value is -2.22. The predicted molar refractivity (Wildman–Crippen MR) is 110 cm³/mol. The Morgan fingerprint density at radius 2 is 2.00 bits per heavy atom. The van der Waals surface area contributed by atoms with Crippen LogP contribution in [-0.2, 0) is 6.54 Å². The van der Waals surface area contributed by atoms with E-state index in [0.29, 0.717) is 38.1 Å². The van der Waals surface area contributed by atoms with Crippen molar-refractivity contribution in [1.82, 2.24) is 15.5 Å². The summed E-state index contributed by atoms with van der Waals surface area (Å²) < 4.78 is 43.1. The summed E-state index contributed by atoms with van der Waals surface area (Å²) in [7, 11) is 1.71. The second-order valence-corrected chi connectivity index (χ2v) is 7.18. The standard InChI is InChI=1S/C21H31F3N4O/c1-3-14-29-19-7-5-4-6-18(19)15-27-20(25-2)26-11-8-17-9-12-28(13-10-17)16-21(22,23)24/h3-7,17H,1,8-16H2,2H3,(H2,25,26,27). The highest BCUT2D eigenvalue weighted by molar-refractivity contribution is 5.79. The van der Waals surface area contributed by atoms with Crippen molar-refractivity contribution in [3.8, 4) is 5.75 Å². The summed E-state index contributed by atoms with van der Waals surface area (Å²) in [5.74, 6) is 1.94. The van der Waals surface area contributed by atoms with Crippen LogP contribution in [0, 0.1) is 5.92 Å². The van der Waals surface area contributed by atoms with Crippen molar-refractivity contribution < 1.29 is 17.9 Å². The lowest BCUT2D eigenvalue weighted by Gasteiger charge is -2.32. The van der Waals surface area contributed by atoms with E-state index in [2.05, 4.69) is 22.2 Å². The first-order valence-corrected chi connectivity index (χ1v) is 9.96. The molecule has 0 aromatic heterocycles. The van der Waals surface area contributed by atoms with Crippen LogP contribution in [0.4, 0.5) is 13.2 Å². The Balaban J connectivity index is 1.69. The summed E-state index contributed by atoms with van der Waals surface area (Å²) in [4.78, 5) is 5.73. The fraction of sp³-hybridized carbons (Fsp3) is 0.571. The number of hydrogen-bond donors (Lipinski definition) is 2. The predicted octanol–water partition coefficient (Wildman–Crippen LogP) is 3.58. The lowest BCUT2D eigenvalue weighted by molar-refractivity contribution is -0.148. The van der Waals surface area contributed by atoms with Crippen LogP contribution in [0.2, 0.25) is 0 Å². The van der Waals surface area contributed by atoms with Gasteiger partial charge in [-0.2, -0.15) is 13.2 Å². The number of nitrogens with one attached hydrogen (secondary N) is 2. The third-order valence-corrected chi connectivity index (χ3v) is 4.95. The number of ether oxygens (including phenoxy) is 1. The summed E-state index contributed by atoms with van der Waals surface area (Å²) in [6, 6.07) is 7.80. The van der Waals surface area contributed by atoms with Gasteiger partial charge in [0.2, 0.25) is 0 Å². The van der Waals surface area contributed by atoms with Gasteiger partial charge in [-0.1, -0.05) is 30.9 Å². The summed E-state index contributed by atoms with van der Waals surface area (Å²) in [6.45, 7) is 5.65. The minimum Gasteiger partial charge on any atom is -0.489 e. The first kappa shape index (κ1) is 23.1. The molecular formula is C21H31F3N4O. The zero-order chi connectivity index (χ0) is 21.1. The van der Waals surface area contributed by atoms with E-state index in [0.717, 1.165) is 37.1 Å². The molecule has 0 aliphatic carbocycles. The van der Waals surface area contributed by atoms with E-state index in [9.17, 15) is 13.2 Å². The molecule has 1 saturated heterocycles. The number of benzene rings is 1. The van der Waals surface area contributed by atoms with Gasteiger partial charge in [0.1, 0.15) is 12.4 Å². The van der Waals surface area contributed by atoms with Gasteiger partial charge >= 0.3 is 6.18 Å². The number of piperidine rings is 1. The van der Waals surface area contributed by atoms with Gasteiger partial charge in [-0.3, -0.25) is 9.89 Å². The highest BCUT2D eigenvalue weighted by Gasteiger charge is 2.32. The van der Waals surface area contributed by atoms with Gasteiger partial charge in [0.25, 0.3) is 0 Å². The Morgan fingerprint density at radius 1 is 1.28 bits per heavy atom. The van der Waals surface area contributed by atoms with E-state index in [1.165, 1.54) is 4.90 Å². The van der Waals surface area contributed by atoms with Crippen LogP contribution >= 0.6 is 0 Å². The average Bonchev–Trinajstić information content (AvgIpc) is 2.69. The van der Waals surface area contributed by atoms with Crippen molar-refractivity contribution in [2.75, 3.05) is 39.8 Å². The van der Waals surface area contributed by atoms with Gasteiger partial charge in [0.05, 0.1) is 6.54 Å². The summed E-state index contributed by atoms with van der Waals surface area (Å²) >= 11 is 0. The number of halogens is 3. The van der Waals surface area contributed by atoms with E-state index < -0.39 is 12.7 Å². The first-order chi connectivity index (χ1) is 13.9. The minimum atomic E-state index is -4.11. The largest absolute Gasteiger partial charge is 0.489 e. The zero-order valence-electron chi connectivity index (χ0n) is 17.0. The summed E-state index contributed by atoms with van der Waals surface area (Å²) in [5.41, 5.74) is 1.02. The quantitative estimate of drug-likeness (QED) is 0.370. The van der Waals surface area contributed by atoms with Gasteiger partial charge in [-0.25, -0.2) is 0 Å². The molecule has 1 aromatic rings. The highest BCUT2D eigenvalue weighted by Crippen LogP contribution is 2.24. The fourth-order valence-corrected chi connectivity index (χ4v) is 3.42. The van der Waals surface area contributed by atoms with Gasteiger partial charge in [0, 0.05) is 25.7 Å². The smallest absolute Gasteiger partial charge is 0.401 e. The van der Waals surface area contributed by atoms with Crippen LogP contribution in [0.25, 0.3) is 0 Å². The summed E-state index contributed by atoms with van der Waals surface area (Å²) in [5, 5.41) is 6.56. The van der Waals surface area contributed by atoms with Crippen molar-refractivity contribution >= 4 is 5.96 Å². The third kappa shape index (κ3) is 8.77. The second-order valence-electron chi connectivity index (χ2n) is 7.18. The number of para-hydroxylation sites is 1. The molecule has 1 aliphatic heterocycles. The molecule has 2 N–H and O–H groups in total. The number of aliphatic imine (C=N–C) groups is 1. The van der Waals surface area contributed by atoms with E-state index >= 15 is 0 Å². The number of rotatable bonds is 9. The van der Waals surface area contributed by atoms with Crippen LogP contribution < -0.4 is 15.4 Å². The molecule has 1 aliphatic rings. The van der Waals surface area contributed by atoms with Gasteiger partial charge in [0.15, 0.2) is 5.96 Å². The van der Waals surface area contributed by atoms with E-state index in [1.54, 1.807) is 13.1 Å². The molecule has 1 aromatic carbocycles. The normalized spacial score (nSPS) is 16.5. The first-order valence-electron chi connectivity index (χ1n) is 9.96. The minimum absolute atomic E-state index is 0.443. The van der Waals surface area contributed by atoms with Crippen LogP contribution in [0.15, 0.2) is 41.9 Å². The van der Waals surface area contributed by atoms with E-state index in [-0.39, 0.29) is 0 Å². The van der Waals surface area contributed by atoms with Crippen LogP contribution in [0.5, 0.6) is 5.75 Å². The molecular weight excluding hydrogens is 381 g/mol. The number of likely N-dealkylation sites (tertiary alicyclic amines) is 1. The molecule has 8 heteroatoms. The van der Waals surface area contributed by atoms with Crippen LogP contribution in [-0.4, -0.2) is 56.9 Å². The van der Waals surface area contributed by atoms with E-state index in [4.69, 9.17) is 4.74 Å².